The Morgan fingerprint density at radius 2 is 1.61 bits per heavy atom. The number of sulfonamides is 1. The number of aryl methyl sites for hydroxylation is 3. The maximum Gasteiger partial charge on any atom is 0.264 e. The highest BCUT2D eigenvalue weighted by Crippen LogP contribution is 2.28. The van der Waals surface area contributed by atoms with Crippen LogP contribution in [0.25, 0.3) is 0 Å². The van der Waals surface area contributed by atoms with Crippen molar-refractivity contribution in [3.63, 3.8) is 0 Å². The minimum Gasteiger partial charge on any atom is -0.496 e. The van der Waals surface area contributed by atoms with E-state index in [4.69, 9.17) is 4.74 Å². The van der Waals surface area contributed by atoms with Gasteiger partial charge in [-0.1, -0.05) is 6.07 Å². The van der Waals surface area contributed by atoms with E-state index in [1.165, 1.54) is 4.31 Å². The molecule has 0 saturated carbocycles. The molecule has 0 aromatic heterocycles. The van der Waals surface area contributed by atoms with Gasteiger partial charge < -0.3 is 4.74 Å². The zero-order chi connectivity index (χ0) is 17.2. The van der Waals surface area contributed by atoms with Crippen LogP contribution in [0.2, 0.25) is 0 Å². The van der Waals surface area contributed by atoms with E-state index in [2.05, 4.69) is 0 Å². The smallest absolute Gasteiger partial charge is 0.264 e. The monoisotopic (exact) mass is 333 g/mol. The molecule has 0 aliphatic heterocycles. The highest BCUT2D eigenvalue weighted by atomic mass is 32.2. The van der Waals surface area contributed by atoms with Gasteiger partial charge in [0.2, 0.25) is 0 Å². The number of methoxy groups -OCH3 is 1. The van der Waals surface area contributed by atoms with Gasteiger partial charge in [0.1, 0.15) is 5.75 Å². The number of ether oxygens (including phenoxy) is 1. The highest BCUT2D eigenvalue weighted by molar-refractivity contribution is 7.92. The Balaban J connectivity index is 2.53. The van der Waals surface area contributed by atoms with Gasteiger partial charge in [-0.05, 0) is 74.7 Å². The van der Waals surface area contributed by atoms with Crippen LogP contribution in [0.1, 0.15) is 23.6 Å². The Bertz CT molecular complexity index is 793. The molecule has 4 nitrogen and oxygen atoms in total. The molecule has 23 heavy (non-hydrogen) atoms. The van der Waals surface area contributed by atoms with Crippen molar-refractivity contribution < 1.29 is 13.2 Å². The summed E-state index contributed by atoms with van der Waals surface area (Å²) in [6.45, 7) is 7.98. The second kappa shape index (κ2) is 6.62. The van der Waals surface area contributed by atoms with Gasteiger partial charge in [0.25, 0.3) is 10.0 Å². The van der Waals surface area contributed by atoms with Gasteiger partial charge in [-0.2, -0.15) is 0 Å². The lowest BCUT2D eigenvalue weighted by Gasteiger charge is -2.24. The van der Waals surface area contributed by atoms with Crippen LogP contribution in [0.3, 0.4) is 0 Å². The average molecular weight is 333 g/mol. The van der Waals surface area contributed by atoms with Gasteiger partial charge in [-0.25, -0.2) is 8.42 Å². The first-order valence-corrected chi connectivity index (χ1v) is 8.99. The normalized spacial score (nSPS) is 11.3. The second-order valence-corrected chi connectivity index (χ2v) is 7.51. The van der Waals surface area contributed by atoms with E-state index in [1.54, 1.807) is 25.3 Å². The fraction of sp³-hybridized carbons (Fsp3) is 0.333. The van der Waals surface area contributed by atoms with E-state index in [0.29, 0.717) is 18.0 Å². The number of nitrogens with zero attached hydrogens (tertiary/aromatic N) is 1. The van der Waals surface area contributed by atoms with Gasteiger partial charge >= 0.3 is 0 Å². The first-order valence-electron chi connectivity index (χ1n) is 7.55. The Morgan fingerprint density at radius 1 is 1.00 bits per heavy atom. The van der Waals surface area contributed by atoms with E-state index in [-0.39, 0.29) is 4.90 Å². The molecule has 0 radical (unpaired) electrons. The Hall–Kier alpha value is -2.01. The van der Waals surface area contributed by atoms with Crippen molar-refractivity contribution in [2.75, 3.05) is 18.0 Å². The molecule has 2 rings (SSSR count). The predicted octanol–water partition coefficient (Wildman–Crippen LogP) is 3.84. The first-order chi connectivity index (χ1) is 10.8. The third-order valence-corrected chi connectivity index (χ3v) is 5.63. The molecule has 124 valence electrons. The molecule has 0 aliphatic rings. The highest BCUT2D eigenvalue weighted by Gasteiger charge is 2.24. The van der Waals surface area contributed by atoms with E-state index in [1.807, 2.05) is 45.9 Å². The summed E-state index contributed by atoms with van der Waals surface area (Å²) in [5, 5.41) is 0. The number of anilines is 1. The first kappa shape index (κ1) is 17.3. The molecule has 0 spiro atoms. The summed E-state index contributed by atoms with van der Waals surface area (Å²) in [4.78, 5) is 0.275. The minimum atomic E-state index is -3.61. The average Bonchev–Trinajstić information content (AvgIpc) is 2.46. The maximum absolute atomic E-state index is 13.0. The number of benzene rings is 2. The second-order valence-electron chi connectivity index (χ2n) is 5.65. The molecule has 0 heterocycles. The number of hydrogen-bond donors (Lipinski definition) is 0. The molecule has 2 aromatic carbocycles. The lowest BCUT2D eigenvalue weighted by molar-refractivity contribution is 0.411. The fourth-order valence-corrected chi connectivity index (χ4v) is 4.27. The SMILES string of the molecule is CCN(c1cc(C)cc(C)c1)S(=O)(=O)c1ccc(OC)c(C)c1. The molecule has 0 N–H and O–H groups in total. The van der Waals surface area contributed by atoms with Crippen LogP contribution in [-0.4, -0.2) is 22.1 Å². The Kier molecular flexibility index (Phi) is 5.00. The molecule has 2 aromatic rings. The number of rotatable bonds is 5. The topological polar surface area (TPSA) is 46.6 Å². The van der Waals surface area contributed by atoms with E-state index >= 15 is 0 Å². The van der Waals surface area contributed by atoms with Crippen LogP contribution in [0.5, 0.6) is 5.75 Å². The van der Waals surface area contributed by atoms with Crippen LogP contribution in [0, 0.1) is 20.8 Å². The fourth-order valence-electron chi connectivity index (χ4n) is 2.72. The van der Waals surface area contributed by atoms with E-state index in [9.17, 15) is 8.42 Å². The van der Waals surface area contributed by atoms with Crippen molar-refractivity contribution in [3.8, 4) is 5.75 Å². The summed E-state index contributed by atoms with van der Waals surface area (Å²) >= 11 is 0. The molecular formula is C18H23NO3S. The standard InChI is InChI=1S/C18H23NO3S/c1-6-19(16-10-13(2)9-14(3)11-16)23(20,21)17-7-8-18(22-5)15(4)12-17/h7-12H,6H2,1-5H3. The number of hydrogen-bond acceptors (Lipinski definition) is 3. The maximum atomic E-state index is 13.0. The van der Waals surface area contributed by atoms with Gasteiger partial charge in [0.15, 0.2) is 0 Å². The van der Waals surface area contributed by atoms with Gasteiger partial charge in [0.05, 0.1) is 17.7 Å². The van der Waals surface area contributed by atoms with Crippen LogP contribution >= 0.6 is 0 Å². The van der Waals surface area contributed by atoms with Crippen LogP contribution < -0.4 is 9.04 Å². The van der Waals surface area contributed by atoms with Crippen molar-refractivity contribution in [1.29, 1.82) is 0 Å². The third-order valence-electron chi connectivity index (χ3n) is 3.74. The van der Waals surface area contributed by atoms with E-state index < -0.39 is 10.0 Å². The molecule has 0 saturated heterocycles. The van der Waals surface area contributed by atoms with Crippen molar-refractivity contribution >= 4 is 15.7 Å². The molecule has 0 unspecified atom stereocenters. The Labute approximate surface area is 138 Å². The van der Waals surface area contributed by atoms with Gasteiger partial charge in [-0.15, -0.1) is 0 Å². The van der Waals surface area contributed by atoms with Crippen LogP contribution in [-0.2, 0) is 10.0 Å². The summed E-state index contributed by atoms with van der Waals surface area (Å²) in [6.07, 6.45) is 0. The molecule has 5 heteroatoms. The van der Waals surface area contributed by atoms with Gasteiger partial charge in [0, 0.05) is 6.54 Å². The minimum absolute atomic E-state index is 0.275. The van der Waals surface area contributed by atoms with Gasteiger partial charge in [-0.3, -0.25) is 4.31 Å². The predicted molar refractivity (Wildman–Crippen MR) is 93.9 cm³/mol. The third kappa shape index (κ3) is 3.50. The molecule has 0 fully saturated rings. The van der Waals surface area contributed by atoms with Crippen molar-refractivity contribution in [2.45, 2.75) is 32.6 Å². The molecule has 0 aliphatic carbocycles. The van der Waals surface area contributed by atoms with E-state index in [0.717, 1.165) is 16.7 Å². The van der Waals surface area contributed by atoms with Crippen molar-refractivity contribution in [1.82, 2.24) is 0 Å². The summed E-state index contributed by atoms with van der Waals surface area (Å²) in [7, 11) is -2.03. The quantitative estimate of drug-likeness (QED) is 0.835. The zero-order valence-electron chi connectivity index (χ0n) is 14.3. The summed E-state index contributed by atoms with van der Waals surface area (Å²) in [5.74, 6) is 0.679. The lowest BCUT2D eigenvalue weighted by Crippen LogP contribution is -2.31. The van der Waals surface area contributed by atoms with Crippen LogP contribution in [0.4, 0.5) is 5.69 Å². The molecular weight excluding hydrogens is 310 g/mol. The molecule has 0 bridgehead atoms. The van der Waals surface area contributed by atoms with Crippen molar-refractivity contribution in [2.24, 2.45) is 0 Å². The molecule has 0 amide bonds. The van der Waals surface area contributed by atoms with Crippen LogP contribution in [0.15, 0.2) is 41.3 Å². The molecule has 0 atom stereocenters. The largest absolute Gasteiger partial charge is 0.496 e. The lowest BCUT2D eigenvalue weighted by atomic mass is 10.1. The summed E-state index contributed by atoms with van der Waals surface area (Å²) in [6, 6.07) is 10.7. The van der Waals surface area contributed by atoms with Crippen molar-refractivity contribution in [3.05, 3.63) is 53.1 Å². The Morgan fingerprint density at radius 3 is 2.09 bits per heavy atom. The summed E-state index contributed by atoms with van der Waals surface area (Å²) < 4.78 is 32.7. The summed E-state index contributed by atoms with van der Waals surface area (Å²) in [5.41, 5.74) is 3.57. The zero-order valence-corrected chi connectivity index (χ0v) is 15.1.